The van der Waals surface area contributed by atoms with E-state index in [4.69, 9.17) is 0 Å². The number of carbonyl (C=O) groups excluding carboxylic acids is 2. The largest absolute Gasteiger partial charge is 0.296 e. The smallest absolute Gasteiger partial charge is 0.262 e. The lowest BCUT2D eigenvalue weighted by molar-refractivity contribution is 0.0946. The van der Waals surface area contributed by atoms with Crippen LogP contribution in [-0.2, 0) is 0 Å². The van der Waals surface area contributed by atoms with Crippen molar-refractivity contribution in [2.45, 2.75) is 13.8 Å². The van der Waals surface area contributed by atoms with E-state index in [1.54, 1.807) is 18.3 Å². The Hall–Kier alpha value is -2.16. The zero-order valence-electron chi connectivity index (χ0n) is 9.81. The Morgan fingerprint density at radius 3 is 2.71 bits per heavy atom. The third-order valence-electron chi connectivity index (χ3n) is 2.74. The van der Waals surface area contributed by atoms with Gasteiger partial charge in [0, 0.05) is 11.8 Å². The SMILES string of the molecule is Cc1ccc(C)c(C(=O)n2cccc2C=O)c1. The molecule has 1 heterocycles. The van der Waals surface area contributed by atoms with Crippen molar-refractivity contribution >= 4 is 12.2 Å². The van der Waals surface area contributed by atoms with Gasteiger partial charge in [-0.1, -0.05) is 17.7 Å². The molecular weight excluding hydrogens is 214 g/mol. The molecule has 3 nitrogen and oxygen atoms in total. The van der Waals surface area contributed by atoms with Crippen LogP contribution in [0.15, 0.2) is 36.5 Å². The fourth-order valence-corrected chi connectivity index (χ4v) is 1.77. The predicted molar refractivity (Wildman–Crippen MR) is 65.5 cm³/mol. The number of aromatic nitrogens is 1. The second-order valence-electron chi connectivity index (χ2n) is 4.04. The van der Waals surface area contributed by atoms with Crippen molar-refractivity contribution in [1.82, 2.24) is 4.57 Å². The molecule has 0 fully saturated rings. The molecule has 0 amide bonds. The van der Waals surface area contributed by atoms with E-state index in [1.807, 2.05) is 32.0 Å². The normalized spacial score (nSPS) is 10.2. The Kier molecular flexibility index (Phi) is 2.91. The van der Waals surface area contributed by atoms with Gasteiger partial charge in [-0.05, 0) is 37.6 Å². The van der Waals surface area contributed by atoms with Crippen molar-refractivity contribution in [3.05, 3.63) is 58.9 Å². The molecule has 0 spiro atoms. The molecule has 2 rings (SSSR count). The Bertz CT molecular complexity index is 582. The first-order valence-electron chi connectivity index (χ1n) is 5.38. The molecule has 3 heteroatoms. The number of benzene rings is 1. The Morgan fingerprint density at radius 1 is 1.24 bits per heavy atom. The summed E-state index contributed by atoms with van der Waals surface area (Å²) in [5.74, 6) is -0.168. The number of carbonyl (C=O) groups is 2. The van der Waals surface area contributed by atoms with Crippen LogP contribution in [0.3, 0.4) is 0 Å². The van der Waals surface area contributed by atoms with Crippen molar-refractivity contribution in [3.8, 4) is 0 Å². The van der Waals surface area contributed by atoms with Gasteiger partial charge in [0.15, 0.2) is 6.29 Å². The summed E-state index contributed by atoms with van der Waals surface area (Å²) in [5, 5.41) is 0. The first-order chi connectivity index (χ1) is 8.13. The molecule has 1 aromatic carbocycles. The van der Waals surface area contributed by atoms with Crippen LogP contribution in [0.1, 0.15) is 32.0 Å². The summed E-state index contributed by atoms with van der Waals surface area (Å²) < 4.78 is 1.37. The maximum atomic E-state index is 12.3. The molecule has 0 bridgehead atoms. The van der Waals surface area contributed by atoms with Gasteiger partial charge < -0.3 is 0 Å². The molecule has 0 unspecified atom stereocenters. The van der Waals surface area contributed by atoms with Crippen molar-refractivity contribution < 1.29 is 9.59 Å². The van der Waals surface area contributed by atoms with Gasteiger partial charge in [0.25, 0.3) is 5.91 Å². The summed E-state index contributed by atoms with van der Waals surface area (Å²) in [6, 6.07) is 9.02. The van der Waals surface area contributed by atoms with E-state index in [9.17, 15) is 9.59 Å². The molecular formula is C14H13NO2. The van der Waals surface area contributed by atoms with Crippen LogP contribution in [0.25, 0.3) is 0 Å². The summed E-state index contributed by atoms with van der Waals surface area (Å²) in [4.78, 5) is 23.1. The highest BCUT2D eigenvalue weighted by Gasteiger charge is 2.13. The fourth-order valence-electron chi connectivity index (χ4n) is 1.77. The van der Waals surface area contributed by atoms with E-state index in [1.165, 1.54) is 4.57 Å². The molecule has 17 heavy (non-hydrogen) atoms. The number of aryl methyl sites for hydroxylation is 2. The molecule has 2 aromatic rings. The quantitative estimate of drug-likeness (QED) is 0.740. The minimum Gasteiger partial charge on any atom is -0.296 e. The molecule has 1 aromatic heterocycles. The lowest BCUT2D eigenvalue weighted by Crippen LogP contribution is -2.15. The molecule has 0 aliphatic rings. The van der Waals surface area contributed by atoms with Gasteiger partial charge in [-0.2, -0.15) is 0 Å². The van der Waals surface area contributed by atoms with Crippen LogP contribution in [0.2, 0.25) is 0 Å². The first kappa shape index (κ1) is 11.3. The van der Waals surface area contributed by atoms with Crippen molar-refractivity contribution in [3.63, 3.8) is 0 Å². The highest BCUT2D eigenvalue weighted by Crippen LogP contribution is 2.13. The topological polar surface area (TPSA) is 39.1 Å². The van der Waals surface area contributed by atoms with Crippen molar-refractivity contribution in [2.24, 2.45) is 0 Å². The molecule has 86 valence electrons. The number of hydrogen-bond acceptors (Lipinski definition) is 2. The number of rotatable bonds is 2. The Balaban J connectivity index is 2.51. The molecule has 0 N–H and O–H groups in total. The summed E-state index contributed by atoms with van der Waals surface area (Å²) in [6.07, 6.45) is 2.29. The van der Waals surface area contributed by atoms with Crippen LogP contribution in [0, 0.1) is 13.8 Å². The molecule has 0 saturated carbocycles. The van der Waals surface area contributed by atoms with Gasteiger partial charge in [0.2, 0.25) is 0 Å². The predicted octanol–water partition coefficient (Wildman–Crippen LogP) is 2.61. The van der Waals surface area contributed by atoms with E-state index < -0.39 is 0 Å². The Morgan fingerprint density at radius 2 is 2.00 bits per heavy atom. The molecule has 0 aliphatic carbocycles. The fraction of sp³-hybridized carbons (Fsp3) is 0.143. The second kappa shape index (κ2) is 4.37. The first-order valence-corrected chi connectivity index (χ1v) is 5.38. The summed E-state index contributed by atoms with van der Waals surface area (Å²) in [5.41, 5.74) is 2.94. The lowest BCUT2D eigenvalue weighted by atomic mass is 10.1. The highest BCUT2D eigenvalue weighted by atomic mass is 16.2. The highest BCUT2D eigenvalue weighted by molar-refractivity contribution is 6.00. The van der Waals surface area contributed by atoms with Gasteiger partial charge in [-0.25, -0.2) is 0 Å². The Labute approximate surface area is 99.7 Å². The van der Waals surface area contributed by atoms with Crippen LogP contribution >= 0.6 is 0 Å². The average molecular weight is 227 g/mol. The van der Waals surface area contributed by atoms with Gasteiger partial charge >= 0.3 is 0 Å². The van der Waals surface area contributed by atoms with E-state index in [0.29, 0.717) is 17.5 Å². The maximum absolute atomic E-state index is 12.3. The molecule has 0 saturated heterocycles. The standard InChI is InChI=1S/C14H13NO2/c1-10-5-6-11(2)13(8-10)14(17)15-7-3-4-12(15)9-16/h3-9H,1-2H3. The number of nitrogens with zero attached hydrogens (tertiary/aromatic N) is 1. The summed E-state index contributed by atoms with van der Waals surface area (Å²) in [7, 11) is 0. The van der Waals surface area contributed by atoms with Gasteiger partial charge in [-0.3, -0.25) is 14.2 Å². The minimum atomic E-state index is -0.168. The summed E-state index contributed by atoms with van der Waals surface area (Å²) >= 11 is 0. The monoisotopic (exact) mass is 227 g/mol. The van der Waals surface area contributed by atoms with Gasteiger partial charge in [-0.15, -0.1) is 0 Å². The zero-order valence-corrected chi connectivity index (χ0v) is 9.81. The van der Waals surface area contributed by atoms with Crippen LogP contribution in [-0.4, -0.2) is 16.8 Å². The van der Waals surface area contributed by atoms with Gasteiger partial charge in [0.1, 0.15) is 0 Å². The van der Waals surface area contributed by atoms with Crippen molar-refractivity contribution in [2.75, 3.05) is 0 Å². The lowest BCUT2D eigenvalue weighted by Gasteiger charge is -2.08. The average Bonchev–Trinajstić information content (AvgIpc) is 2.79. The molecule has 0 aliphatic heterocycles. The van der Waals surface area contributed by atoms with Crippen LogP contribution in [0.5, 0.6) is 0 Å². The summed E-state index contributed by atoms with van der Waals surface area (Å²) in [6.45, 7) is 3.82. The maximum Gasteiger partial charge on any atom is 0.262 e. The van der Waals surface area contributed by atoms with Gasteiger partial charge in [0.05, 0.1) is 5.69 Å². The second-order valence-corrected chi connectivity index (χ2v) is 4.04. The van der Waals surface area contributed by atoms with E-state index >= 15 is 0 Å². The van der Waals surface area contributed by atoms with E-state index in [0.717, 1.165) is 11.1 Å². The number of aldehydes is 1. The van der Waals surface area contributed by atoms with E-state index in [2.05, 4.69) is 0 Å². The van der Waals surface area contributed by atoms with E-state index in [-0.39, 0.29) is 5.91 Å². The number of hydrogen-bond donors (Lipinski definition) is 0. The van der Waals surface area contributed by atoms with Crippen molar-refractivity contribution in [1.29, 1.82) is 0 Å². The minimum absolute atomic E-state index is 0.168. The third kappa shape index (κ3) is 2.04. The zero-order chi connectivity index (χ0) is 12.4. The van der Waals surface area contributed by atoms with Crippen LogP contribution in [0.4, 0.5) is 0 Å². The van der Waals surface area contributed by atoms with Crippen LogP contribution < -0.4 is 0 Å². The molecule has 0 atom stereocenters. The third-order valence-corrected chi connectivity index (χ3v) is 2.74. The molecule has 0 radical (unpaired) electrons.